The van der Waals surface area contributed by atoms with Gasteiger partial charge in [0.2, 0.25) is 0 Å². The molecule has 2 aromatic carbocycles. The molecule has 0 atom stereocenters. The fourth-order valence-corrected chi connectivity index (χ4v) is 3.10. The monoisotopic (exact) mass is 349 g/mol. The molecule has 0 aliphatic heterocycles. The lowest BCUT2D eigenvalue weighted by Gasteiger charge is -2.08. The van der Waals surface area contributed by atoms with Crippen LogP contribution in [0.3, 0.4) is 0 Å². The van der Waals surface area contributed by atoms with E-state index in [-0.39, 0.29) is 5.97 Å². The van der Waals surface area contributed by atoms with Crippen molar-refractivity contribution < 1.29 is 9.53 Å². The highest BCUT2D eigenvalue weighted by atomic mass is 79.9. The smallest absolute Gasteiger partial charge is 0.337 e. The third-order valence-electron chi connectivity index (χ3n) is 3.19. The molecular weight excluding hydrogens is 342 g/mol. The molecule has 0 radical (unpaired) electrons. The van der Waals surface area contributed by atoms with Crippen LogP contribution in [0.25, 0.3) is 21.5 Å². The number of esters is 1. The molecule has 0 fully saturated rings. The molecule has 0 bridgehead atoms. The van der Waals surface area contributed by atoms with Gasteiger partial charge in [-0.25, -0.2) is 9.78 Å². The summed E-state index contributed by atoms with van der Waals surface area (Å²) in [5.74, 6) is -0.361. The van der Waals surface area contributed by atoms with Crippen LogP contribution in [0.2, 0.25) is 5.15 Å². The highest BCUT2D eigenvalue weighted by Gasteiger charge is 2.12. The molecule has 0 unspecified atom stereocenters. The van der Waals surface area contributed by atoms with Crippen molar-refractivity contribution >= 4 is 55.0 Å². The van der Waals surface area contributed by atoms with E-state index < -0.39 is 0 Å². The summed E-state index contributed by atoms with van der Waals surface area (Å²) in [5, 5.41) is 4.16. The molecule has 1 heterocycles. The van der Waals surface area contributed by atoms with Crippen LogP contribution in [0.15, 0.2) is 41.0 Å². The first-order valence-electron chi connectivity index (χ1n) is 5.86. The lowest BCUT2D eigenvalue weighted by atomic mass is 10.0. The molecule has 3 rings (SSSR count). The summed E-state index contributed by atoms with van der Waals surface area (Å²) in [5.41, 5.74) is 0.506. The average molecular weight is 351 g/mol. The number of hydrogen-bond donors (Lipinski definition) is 0. The molecule has 1 aromatic heterocycles. The SMILES string of the molecule is COC(=O)c1ccc2c(c1)cc(Br)c1ccnc(Cl)c12. The minimum atomic E-state index is -0.361. The number of ether oxygens (including phenoxy) is 1. The van der Waals surface area contributed by atoms with E-state index in [1.165, 1.54) is 7.11 Å². The minimum absolute atomic E-state index is 0.361. The molecule has 0 saturated heterocycles. The predicted octanol–water partition coefficient (Wildman–Crippen LogP) is 4.59. The van der Waals surface area contributed by atoms with E-state index in [9.17, 15) is 4.79 Å². The Kier molecular flexibility index (Phi) is 3.36. The van der Waals surface area contributed by atoms with Crippen LogP contribution < -0.4 is 0 Å². The second-order valence-corrected chi connectivity index (χ2v) is 5.52. The molecule has 3 nitrogen and oxygen atoms in total. The standard InChI is InChI=1S/C15H9BrClNO2/c1-20-15(19)8-2-3-10-9(6-8)7-12(16)11-4-5-18-14(17)13(10)11/h2-7H,1H3. The zero-order valence-electron chi connectivity index (χ0n) is 10.5. The highest BCUT2D eigenvalue weighted by molar-refractivity contribution is 9.10. The molecule has 0 N–H and O–H groups in total. The van der Waals surface area contributed by atoms with Crippen LogP contribution >= 0.6 is 27.5 Å². The number of fused-ring (bicyclic) bond motifs is 3. The Morgan fingerprint density at radius 1 is 1.25 bits per heavy atom. The van der Waals surface area contributed by atoms with Crippen molar-refractivity contribution in [1.82, 2.24) is 4.98 Å². The van der Waals surface area contributed by atoms with Gasteiger partial charge in [0.25, 0.3) is 0 Å². The Labute approximate surface area is 128 Å². The van der Waals surface area contributed by atoms with E-state index in [4.69, 9.17) is 16.3 Å². The van der Waals surface area contributed by atoms with Crippen molar-refractivity contribution in [1.29, 1.82) is 0 Å². The van der Waals surface area contributed by atoms with E-state index in [1.54, 1.807) is 18.3 Å². The Morgan fingerprint density at radius 3 is 2.80 bits per heavy atom. The number of nitrogens with zero attached hydrogens (tertiary/aromatic N) is 1. The first kappa shape index (κ1) is 13.3. The number of carbonyl (C=O) groups is 1. The predicted molar refractivity (Wildman–Crippen MR) is 83.3 cm³/mol. The van der Waals surface area contributed by atoms with E-state index in [0.717, 1.165) is 26.0 Å². The van der Waals surface area contributed by atoms with Gasteiger partial charge in [0.1, 0.15) is 5.15 Å². The average Bonchev–Trinajstić information content (AvgIpc) is 2.46. The molecular formula is C15H9BrClNO2. The number of halogens is 2. The van der Waals surface area contributed by atoms with Gasteiger partial charge >= 0.3 is 5.97 Å². The second kappa shape index (κ2) is 5.04. The summed E-state index contributed by atoms with van der Waals surface area (Å²) in [6.45, 7) is 0. The van der Waals surface area contributed by atoms with Crippen LogP contribution in [0.5, 0.6) is 0 Å². The summed E-state index contributed by atoms with van der Waals surface area (Å²) in [4.78, 5) is 15.7. The highest BCUT2D eigenvalue weighted by Crippen LogP contribution is 2.35. The number of pyridine rings is 1. The van der Waals surface area contributed by atoms with Crippen molar-refractivity contribution in [2.75, 3.05) is 7.11 Å². The van der Waals surface area contributed by atoms with Gasteiger partial charge < -0.3 is 4.74 Å². The number of hydrogen-bond acceptors (Lipinski definition) is 3. The number of benzene rings is 2. The zero-order valence-corrected chi connectivity index (χ0v) is 12.8. The first-order valence-corrected chi connectivity index (χ1v) is 7.03. The summed E-state index contributed by atoms with van der Waals surface area (Å²) in [6.07, 6.45) is 1.67. The second-order valence-electron chi connectivity index (χ2n) is 4.31. The van der Waals surface area contributed by atoms with Crippen molar-refractivity contribution in [2.45, 2.75) is 0 Å². The van der Waals surface area contributed by atoms with Crippen LogP contribution in [0, 0.1) is 0 Å². The van der Waals surface area contributed by atoms with E-state index in [2.05, 4.69) is 20.9 Å². The maximum absolute atomic E-state index is 11.6. The molecule has 0 spiro atoms. The normalized spacial score (nSPS) is 10.9. The van der Waals surface area contributed by atoms with Gasteiger partial charge in [-0.1, -0.05) is 33.6 Å². The zero-order chi connectivity index (χ0) is 14.3. The number of rotatable bonds is 1. The van der Waals surface area contributed by atoms with Gasteiger partial charge in [0.15, 0.2) is 0 Å². The largest absolute Gasteiger partial charge is 0.465 e. The van der Waals surface area contributed by atoms with Crippen LogP contribution in [0.1, 0.15) is 10.4 Å². The lowest BCUT2D eigenvalue weighted by molar-refractivity contribution is 0.0601. The first-order chi connectivity index (χ1) is 9.61. The number of methoxy groups -OCH3 is 1. The number of aromatic nitrogens is 1. The fourth-order valence-electron chi connectivity index (χ4n) is 2.26. The minimum Gasteiger partial charge on any atom is -0.465 e. The van der Waals surface area contributed by atoms with Crippen molar-refractivity contribution in [3.05, 3.63) is 51.7 Å². The molecule has 5 heteroatoms. The Balaban J connectivity index is 2.42. The van der Waals surface area contributed by atoms with E-state index in [1.807, 2.05) is 18.2 Å². The Hall–Kier alpha value is -1.65. The molecule has 3 aromatic rings. The van der Waals surface area contributed by atoms with Gasteiger partial charge in [-0.3, -0.25) is 0 Å². The third kappa shape index (κ3) is 2.05. The summed E-state index contributed by atoms with van der Waals surface area (Å²) >= 11 is 9.74. The Morgan fingerprint density at radius 2 is 2.05 bits per heavy atom. The summed E-state index contributed by atoms with van der Waals surface area (Å²) in [7, 11) is 1.36. The van der Waals surface area contributed by atoms with Gasteiger partial charge in [0.05, 0.1) is 12.7 Å². The van der Waals surface area contributed by atoms with Crippen molar-refractivity contribution in [3.63, 3.8) is 0 Å². The topological polar surface area (TPSA) is 39.2 Å². The van der Waals surface area contributed by atoms with Crippen molar-refractivity contribution in [2.24, 2.45) is 0 Å². The maximum Gasteiger partial charge on any atom is 0.337 e. The van der Waals surface area contributed by atoms with Gasteiger partial charge in [-0.2, -0.15) is 0 Å². The quantitative estimate of drug-likeness (QED) is 0.366. The van der Waals surface area contributed by atoms with Gasteiger partial charge in [-0.05, 0) is 35.0 Å². The van der Waals surface area contributed by atoms with E-state index >= 15 is 0 Å². The fraction of sp³-hybridized carbons (Fsp3) is 0.0667. The number of carbonyl (C=O) groups excluding carboxylic acids is 1. The maximum atomic E-state index is 11.6. The molecule has 100 valence electrons. The Bertz CT molecular complexity index is 848. The molecule has 0 amide bonds. The molecule has 20 heavy (non-hydrogen) atoms. The van der Waals surface area contributed by atoms with Crippen LogP contribution in [-0.2, 0) is 4.74 Å². The molecule has 0 saturated carbocycles. The third-order valence-corrected chi connectivity index (χ3v) is 4.13. The van der Waals surface area contributed by atoms with Crippen LogP contribution in [-0.4, -0.2) is 18.1 Å². The lowest BCUT2D eigenvalue weighted by Crippen LogP contribution is -2.00. The molecule has 0 aliphatic carbocycles. The van der Waals surface area contributed by atoms with Gasteiger partial charge in [0, 0.05) is 21.4 Å². The van der Waals surface area contributed by atoms with Gasteiger partial charge in [-0.15, -0.1) is 0 Å². The summed E-state index contributed by atoms with van der Waals surface area (Å²) in [6, 6.07) is 9.24. The molecule has 0 aliphatic rings. The van der Waals surface area contributed by atoms with Crippen molar-refractivity contribution in [3.8, 4) is 0 Å². The van der Waals surface area contributed by atoms with Crippen LogP contribution in [0.4, 0.5) is 0 Å². The summed E-state index contributed by atoms with van der Waals surface area (Å²) < 4.78 is 5.65. The van der Waals surface area contributed by atoms with E-state index in [0.29, 0.717) is 10.7 Å².